The molecule has 0 bridgehead atoms. The molecule has 3 rings (SSSR count). The smallest absolute Gasteiger partial charge is 0.410 e. The predicted molar refractivity (Wildman–Crippen MR) is 107 cm³/mol. The largest absolute Gasteiger partial charge is 0.760 e. The van der Waals surface area contributed by atoms with Gasteiger partial charge in [-0.25, -0.2) is 0 Å². The van der Waals surface area contributed by atoms with E-state index in [-0.39, 0.29) is 18.4 Å². The first-order valence-corrected chi connectivity index (χ1v) is 10.5. The third kappa shape index (κ3) is 6.17. The molecule has 0 aromatic carbocycles. The van der Waals surface area contributed by atoms with E-state index in [4.69, 9.17) is 13.5 Å². The van der Waals surface area contributed by atoms with Gasteiger partial charge in [-0.2, -0.15) is 13.2 Å². The van der Waals surface area contributed by atoms with Crippen molar-refractivity contribution in [2.45, 2.75) is 38.1 Å². The van der Waals surface area contributed by atoms with E-state index in [1.165, 1.54) is 11.0 Å². The number of aromatic nitrogens is 1. The van der Waals surface area contributed by atoms with Crippen molar-refractivity contribution >= 4 is 22.8 Å². The number of piperazine rings is 1. The number of hydrogen-bond donors (Lipinski definition) is 2. The lowest BCUT2D eigenvalue weighted by Gasteiger charge is -2.46. The topological polar surface area (TPSA) is 118 Å². The Morgan fingerprint density at radius 2 is 1.87 bits per heavy atom. The molecule has 0 spiro atoms. The molecule has 0 aliphatic carbocycles. The SMILES string of the molecule is CC1C(C(F)(F)F)N(c2cc(N3CCOC[C@H]3C)cc(=O)[nH]2)CCN1C.NS(=O)[O-]. The van der Waals surface area contributed by atoms with E-state index in [9.17, 15) is 18.0 Å². The van der Waals surface area contributed by atoms with E-state index in [0.717, 1.165) is 0 Å². The summed E-state index contributed by atoms with van der Waals surface area (Å²) in [4.78, 5) is 19.8. The quantitative estimate of drug-likeness (QED) is 0.622. The number of nitrogens with two attached hydrogens (primary N) is 1. The maximum Gasteiger partial charge on any atom is 0.410 e. The summed E-state index contributed by atoms with van der Waals surface area (Å²) in [6.07, 6.45) is -4.40. The number of likely N-dealkylation sites (N-methyl/N-ethyl adjacent to an activating group) is 1. The highest BCUT2D eigenvalue weighted by molar-refractivity contribution is 7.76. The van der Waals surface area contributed by atoms with Gasteiger partial charge in [-0.1, -0.05) is 0 Å². The Hall–Kier alpha value is -1.67. The highest BCUT2D eigenvalue weighted by atomic mass is 32.2. The first-order valence-electron chi connectivity index (χ1n) is 9.37. The summed E-state index contributed by atoms with van der Waals surface area (Å²) in [6.45, 7) is 5.89. The van der Waals surface area contributed by atoms with Crippen LogP contribution in [0.4, 0.5) is 24.7 Å². The highest BCUT2D eigenvalue weighted by Crippen LogP contribution is 2.34. The minimum Gasteiger partial charge on any atom is -0.760 e. The zero-order valence-electron chi connectivity index (χ0n) is 17.0. The molecule has 1 aromatic heterocycles. The van der Waals surface area contributed by atoms with Gasteiger partial charge in [0.2, 0.25) is 0 Å². The molecular formula is C17H27F3N5O4S-. The van der Waals surface area contributed by atoms with Gasteiger partial charge in [0.1, 0.15) is 11.9 Å². The summed E-state index contributed by atoms with van der Waals surface area (Å²) in [5.41, 5.74) is 0.232. The molecule has 13 heteroatoms. The Kier molecular flexibility index (Phi) is 8.27. The summed E-state index contributed by atoms with van der Waals surface area (Å²) >= 11 is -2.36. The lowest BCUT2D eigenvalue weighted by Crippen LogP contribution is -2.63. The molecule has 2 aliphatic heterocycles. The van der Waals surface area contributed by atoms with Crippen LogP contribution in [-0.4, -0.2) is 82.8 Å². The second-order valence-corrected chi connectivity index (χ2v) is 7.89. The molecule has 0 saturated carbocycles. The minimum atomic E-state index is -4.40. The summed E-state index contributed by atoms with van der Waals surface area (Å²) in [7, 11) is 1.69. The summed E-state index contributed by atoms with van der Waals surface area (Å²) in [5.74, 6) is 0.216. The van der Waals surface area contributed by atoms with Crippen molar-refractivity contribution in [2.75, 3.05) is 49.7 Å². The fourth-order valence-electron chi connectivity index (χ4n) is 3.78. The molecule has 9 nitrogen and oxygen atoms in total. The molecule has 1 aromatic rings. The third-order valence-electron chi connectivity index (χ3n) is 5.34. The zero-order valence-corrected chi connectivity index (χ0v) is 17.8. The number of alkyl halides is 3. The van der Waals surface area contributed by atoms with Gasteiger partial charge in [0, 0.05) is 60.8 Å². The van der Waals surface area contributed by atoms with Crippen LogP contribution < -0.4 is 20.5 Å². The van der Waals surface area contributed by atoms with E-state index in [0.29, 0.717) is 32.0 Å². The average Bonchev–Trinajstić information content (AvgIpc) is 2.62. The molecule has 3 heterocycles. The zero-order chi connectivity index (χ0) is 22.6. The Morgan fingerprint density at radius 3 is 2.43 bits per heavy atom. The van der Waals surface area contributed by atoms with Gasteiger partial charge in [-0.05, 0) is 20.9 Å². The van der Waals surface area contributed by atoms with Gasteiger partial charge in [0.25, 0.3) is 5.56 Å². The van der Waals surface area contributed by atoms with Crippen LogP contribution >= 0.6 is 0 Å². The molecule has 3 unspecified atom stereocenters. The van der Waals surface area contributed by atoms with Crippen LogP contribution in [0.3, 0.4) is 0 Å². The standard InChI is InChI=1S/C17H25F3N4O2.H3NO2S/c1-11-10-26-7-6-23(11)13-8-14(21-15(25)9-13)24-5-4-22(3)12(2)16(24)17(18,19)20;1-4(2)3/h8-9,11-12,16H,4-7,10H2,1-3H3,(H,21,25);1H2,(H,2,3)/p-1/t11-,12?,16?;/m1./s1. The van der Waals surface area contributed by atoms with Gasteiger partial charge in [0.05, 0.1) is 13.2 Å². The molecule has 0 amide bonds. The number of halogens is 3. The fraction of sp³-hybridized carbons (Fsp3) is 0.706. The maximum atomic E-state index is 13.7. The number of nitrogens with zero attached hydrogens (tertiary/aromatic N) is 3. The van der Waals surface area contributed by atoms with Crippen LogP contribution in [0.15, 0.2) is 16.9 Å². The maximum absolute atomic E-state index is 13.7. The van der Waals surface area contributed by atoms with E-state index < -0.39 is 35.1 Å². The second-order valence-electron chi connectivity index (χ2n) is 7.37. The number of aromatic amines is 1. The molecule has 2 aliphatic rings. The second kappa shape index (κ2) is 10.1. The molecule has 2 saturated heterocycles. The summed E-state index contributed by atoms with van der Waals surface area (Å²) in [5, 5.41) is 4.03. The normalized spacial score (nSPS) is 26.7. The number of ether oxygens (including phenoxy) is 1. The molecule has 0 radical (unpaired) electrons. The number of morpholine rings is 1. The van der Waals surface area contributed by atoms with Gasteiger partial charge >= 0.3 is 6.18 Å². The first kappa shape index (κ1) is 24.6. The van der Waals surface area contributed by atoms with Crippen molar-refractivity contribution in [2.24, 2.45) is 5.14 Å². The Balaban J connectivity index is 0.000000735. The van der Waals surface area contributed by atoms with Crippen LogP contribution in [0.5, 0.6) is 0 Å². The van der Waals surface area contributed by atoms with Crippen molar-refractivity contribution in [3.8, 4) is 0 Å². The Labute approximate surface area is 175 Å². The number of anilines is 2. The number of pyridine rings is 1. The molecule has 3 N–H and O–H groups in total. The molecule has 172 valence electrons. The summed E-state index contributed by atoms with van der Waals surface area (Å²) < 4.78 is 64.2. The van der Waals surface area contributed by atoms with E-state index in [1.807, 2.05) is 11.8 Å². The molecule has 4 atom stereocenters. The van der Waals surface area contributed by atoms with Crippen LogP contribution in [0, 0.1) is 0 Å². The molecule has 30 heavy (non-hydrogen) atoms. The lowest BCUT2D eigenvalue weighted by atomic mass is 10.0. The van der Waals surface area contributed by atoms with Gasteiger partial charge in [-0.15, -0.1) is 0 Å². The van der Waals surface area contributed by atoms with E-state index >= 15 is 0 Å². The van der Waals surface area contributed by atoms with Crippen LogP contribution in [0.25, 0.3) is 0 Å². The van der Waals surface area contributed by atoms with Crippen LogP contribution in [-0.2, 0) is 16.0 Å². The van der Waals surface area contributed by atoms with E-state index in [2.05, 4.69) is 10.1 Å². The minimum absolute atomic E-state index is 0.0585. The number of rotatable bonds is 2. The Morgan fingerprint density at radius 1 is 1.23 bits per heavy atom. The average molecular weight is 454 g/mol. The lowest BCUT2D eigenvalue weighted by molar-refractivity contribution is -0.165. The number of H-pyrrole nitrogens is 1. The van der Waals surface area contributed by atoms with Crippen LogP contribution in [0.1, 0.15) is 13.8 Å². The fourth-order valence-corrected chi connectivity index (χ4v) is 3.78. The molecular weight excluding hydrogens is 427 g/mol. The number of hydrogen-bond acceptors (Lipinski definition) is 7. The number of nitrogens with one attached hydrogen (secondary N) is 1. The third-order valence-corrected chi connectivity index (χ3v) is 5.34. The summed E-state index contributed by atoms with van der Waals surface area (Å²) in [6, 6.07) is 0.767. The van der Waals surface area contributed by atoms with E-state index in [1.54, 1.807) is 24.9 Å². The van der Waals surface area contributed by atoms with Gasteiger partial charge < -0.3 is 24.1 Å². The van der Waals surface area contributed by atoms with Gasteiger partial charge in [-0.3, -0.25) is 19.0 Å². The first-order chi connectivity index (χ1) is 13.9. The highest BCUT2D eigenvalue weighted by Gasteiger charge is 2.50. The van der Waals surface area contributed by atoms with Crippen molar-refractivity contribution < 1.29 is 26.7 Å². The van der Waals surface area contributed by atoms with Crippen molar-refractivity contribution in [1.82, 2.24) is 9.88 Å². The molecule has 2 fully saturated rings. The van der Waals surface area contributed by atoms with Gasteiger partial charge in [0.15, 0.2) is 0 Å². The van der Waals surface area contributed by atoms with Crippen LogP contribution in [0.2, 0.25) is 0 Å². The monoisotopic (exact) mass is 454 g/mol. The Bertz CT molecular complexity index is 789. The predicted octanol–water partition coefficient (Wildman–Crippen LogP) is 0.410. The van der Waals surface area contributed by atoms with Crippen molar-refractivity contribution in [3.63, 3.8) is 0 Å². The van der Waals surface area contributed by atoms with Crippen molar-refractivity contribution in [3.05, 3.63) is 22.5 Å². The van der Waals surface area contributed by atoms with Crippen molar-refractivity contribution in [1.29, 1.82) is 0 Å².